The number of carbonyl (C=O) groups is 1. The Morgan fingerprint density at radius 2 is 1.86 bits per heavy atom. The lowest BCUT2D eigenvalue weighted by molar-refractivity contribution is 0.247. The quantitative estimate of drug-likeness (QED) is 0.769. The third kappa shape index (κ3) is 4.96. The topological polar surface area (TPSA) is 59.6 Å². The summed E-state index contributed by atoms with van der Waals surface area (Å²) in [5.41, 5.74) is 0.699. The van der Waals surface area contributed by atoms with Gasteiger partial charge >= 0.3 is 6.03 Å². The van der Waals surface area contributed by atoms with Crippen LogP contribution < -0.4 is 20.1 Å². The Hall–Kier alpha value is -2.21. The summed E-state index contributed by atoms with van der Waals surface area (Å²) in [6.45, 7) is 0.794. The summed E-state index contributed by atoms with van der Waals surface area (Å²) >= 11 is 3.40. The van der Waals surface area contributed by atoms with Crippen molar-refractivity contribution in [3.63, 3.8) is 0 Å². The molecule has 2 aromatic carbocycles. The highest BCUT2D eigenvalue weighted by Crippen LogP contribution is 2.23. The zero-order valence-corrected chi connectivity index (χ0v) is 13.7. The summed E-state index contributed by atoms with van der Waals surface area (Å²) < 4.78 is 11.5. The minimum Gasteiger partial charge on any atom is -0.497 e. The molecule has 0 unspecified atom stereocenters. The molecule has 0 aliphatic heterocycles. The fraction of sp³-hybridized carbons (Fsp3) is 0.188. The van der Waals surface area contributed by atoms with Gasteiger partial charge in [-0.25, -0.2) is 4.79 Å². The molecule has 0 aliphatic carbocycles. The van der Waals surface area contributed by atoms with Gasteiger partial charge in [0.25, 0.3) is 0 Å². The van der Waals surface area contributed by atoms with Crippen LogP contribution in [-0.2, 0) is 0 Å². The SMILES string of the molecule is COc1ccc(NC(=O)NCCOc2ccccc2Br)cc1. The fourth-order valence-electron chi connectivity index (χ4n) is 1.74. The van der Waals surface area contributed by atoms with Crippen molar-refractivity contribution in [2.75, 3.05) is 25.6 Å². The minimum atomic E-state index is -0.277. The molecule has 5 nitrogen and oxygen atoms in total. The van der Waals surface area contributed by atoms with E-state index in [0.29, 0.717) is 18.8 Å². The molecule has 2 N–H and O–H groups in total. The highest BCUT2D eigenvalue weighted by Gasteiger charge is 2.02. The van der Waals surface area contributed by atoms with Gasteiger partial charge < -0.3 is 20.1 Å². The fourth-order valence-corrected chi connectivity index (χ4v) is 2.14. The second kappa shape index (κ2) is 8.29. The van der Waals surface area contributed by atoms with Crippen LogP contribution in [0.5, 0.6) is 11.5 Å². The second-order valence-electron chi connectivity index (χ2n) is 4.39. The van der Waals surface area contributed by atoms with Gasteiger partial charge in [-0.2, -0.15) is 0 Å². The molecule has 0 fully saturated rings. The summed E-state index contributed by atoms with van der Waals surface area (Å²) in [6.07, 6.45) is 0. The summed E-state index contributed by atoms with van der Waals surface area (Å²) in [4.78, 5) is 11.7. The number of ether oxygens (including phenoxy) is 2. The molecule has 116 valence electrons. The number of nitrogens with one attached hydrogen (secondary N) is 2. The maximum atomic E-state index is 11.7. The van der Waals surface area contributed by atoms with Gasteiger partial charge in [0, 0.05) is 5.69 Å². The van der Waals surface area contributed by atoms with E-state index in [1.54, 1.807) is 31.4 Å². The molecule has 2 aromatic rings. The second-order valence-corrected chi connectivity index (χ2v) is 5.24. The van der Waals surface area contributed by atoms with Gasteiger partial charge in [0.15, 0.2) is 0 Å². The molecule has 0 aromatic heterocycles. The lowest BCUT2D eigenvalue weighted by Crippen LogP contribution is -2.32. The van der Waals surface area contributed by atoms with Gasteiger partial charge in [-0.1, -0.05) is 12.1 Å². The molecule has 2 rings (SSSR count). The molecule has 0 saturated heterocycles. The van der Waals surface area contributed by atoms with E-state index in [0.717, 1.165) is 16.0 Å². The molecule has 6 heteroatoms. The number of benzene rings is 2. The molecule has 0 aliphatic rings. The monoisotopic (exact) mass is 364 g/mol. The Morgan fingerprint density at radius 1 is 1.14 bits per heavy atom. The molecule has 2 amide bonds. The first-order valence-electron chi connectivity index (χ1n) is 6.75. The Morgan fingerprint density at radius 3 is 2.55 bits per heavy atom. The van der Waals surface area contributed by atoms with Crippen LogP contribution in [0.4, 0.5) is 10.5 Å². The molecular formula is C16H17BrN2O3. The van der Waals surface area contributed by atoms with Crippen LogP contribution in [0.25, 0.3) is 0 Å². The number of methoxy groups -OCH3 is 1. The maximum Gasteiger partial charge on any atom is 0.319 e. The van der Waals surface area contributed by atoms with Crippen molar-refractivity contribution < 1.29 is 14.3 Å². The van der Waals surface area contributed by atoms with E-state index < -0.39 is 0 Å². The molecular weight excluding hydrogens is 348 g/mol. The van der Waals surface area contributed by atoms with Gasteiger partial charge in [-0.15, -0.1) is 0 Å². The number of hydrogen-bond donors (Lipinski definition) is 2. The lowest BCUT2D eigenvalue weighted by Gasteiger charge is -2.10. The van der Waals surface area contributed by atoms with Gasteiger partial charge in [0.1, 0.15) is 18.1 Å². The Kier molecular flexibility index (Phi) is 6.09. The van der Waals surface area contributed by atoms with E-state index in [9.17, 15) is 4.79 Å². The van der Waals surface area contributed by atoms with E-state index in [-0.39, 0.29) is 6.03 Å². The van der Waals surface area contributed by atoms with Gasteiger partial charge in [-0.05, 0) is 52.3 Å². The summed E-state index contributed by atoms with van der Waals surface area (Å²) in [7, 11) is 1.60. The molecule has 0 spiro atoms. The van der Waals surface area contributed by atoms with Gasteiger partial charge in [-0.3, -0.25) is 0 Å². The number of hydrogen-bond acceptors (Lipinski definition) is 3. The van der Waals surface area contributed by atoms with Crippen LogP contribution >= 0.6 is 15.9 Å². The zero-order valence-electron chi connectivity index (χ0n) is 12.1. The van der Waals surface area contributed by atoms with Crippen molar-refractivity contribution >= 4 is 27.6 Å². The molecule has 0 heterocycles. The smallest absolute Gasteiger partial charge is 0.319 e. The first-order valence-corrected chi connectivity index (χ1v) is 7.54. The average Bonchev–Trinajstić information content (AvgIpc) is 2.54. The Bertz CT molecular complexity index is 617. The molecule has 0 radical (unpaired) electrons. The number of rotatable bonds is 6. The highest BCUT2D eigenvalue weighted by molar-refractivity contribution is 9.10. The Balaban J connectivity index is 1.70. The minimum absolute atomic E-state index is 0.277. The van der Waals surface area contributed by atoms with Crippen LogP contribution in [0, 0.1) is 0 Å². The normalized spacial score (nSPS) is 9.91. The van der Waals surface area contributed by atoms with Crippen LogP contribution in [0.3, 0.4) is 0 Å². The Labute approximate surface area is 137 Å². The van der Waals surface area contributed by atoms with Crippen molar-refractivity contribution in [1.82, 2.24) is 5.32 Å². The third-order valence-corrected chi connectivity index (χ3v) is 3.48. The molecule has 0 saturated carbocycles. The van der Waals surface area contributed by atoms with Crippen LogP contribution in [0.1, 0.15) is 0 Å². The van der Waals surface area contributed by atoms with E-state index in [4.69, 9.17) is 9.47 Å². The summed E-state index contributed by atoms with van der Waals surface area (Å²) in [5, 5.41) is 5.46. The number of anilines is 1. The van der Waals surface area contributed by atoms with E-state index in [1.165, 1.54) is 0 Å². The van der Waals surface area contributed by atoms with Crippen molar-refractivity contribution in [3.8, 4) is 11.5 Å². The van der Waals surface area contributed by atoms with E-state index in [1.807, 2.05) is 24.3 Å². The number of carbonyl (C=O) groups excluding carboxylic acids is 1. The van der Waals surface area contributed by atoms with Crippen LogP contribution in [-0.4, -0.2) is 26.3 Å². The summed E-state index contributed by atoms with van der Waals surface area (Å²) in [6, 6.07) is 14.4. The largest absolute Gasteiger partial charge is 0.497 e. The van der Waals surface area contributed by atoms with Crippen molar-refractivity contribution in [2.45, 2.75) is 0 Å². The molecule has 0 bridgehead atoms. The first-order chi connectivity index (χ1) is 10.7. The number of para-hydroxylation sites is 1. The molecule has 0 atom stereocenters. The van der Waals surface area contributed by atoms with Crippen LogP contribution in [0.15, 0.2) is 53.0 Å². The third-order valence-electron chi connectivity index (χ3n) is 2.83. The average molecular weight is 365 g/mol. The number of halogens is 1. The number of urea groups is 1. The number of amides is 2. The van der Waals surface area contributed by atoms with Crippen molar-refractivity contribution in [2.24, 2.45) is 0 Å². The predicted molar refractivity (Wildman–Crippen MR) is 89.7 cm³/mol. The van der Waals surface area contributed by atoms with Crippen molar-refractivity contribution in [3.05, 3.63) is 53.0 Å². The van der Waals surface area contributed by atoms with E-state index in [2.05, 4.69) is 26.6 Å². The lowest BCUT2D eigenvalue weighted by atomic mass is 10.3. The standard InChI is InChI=1S/C16H17BrN2O3/c1-21-13-8-6-12(7-9-13)19-16(20)18-10-11-22-15-5-3-2-4-14(15)17/h2-9H,10-11H2,1H3,(H2,18,19,20). The first kappa shape index (κ1) is 16.2. The van der Waals surface area contributed by atoms with E-state index >= 15 is 0 Å². The van der Waals surface area contributed by atoms with Crippen molar-refractivity contribution in [1.29, 1.82) is 0 Å². The maximum absolute atomic E-state index is 11.7. The zero-order chi connectivity index (χ0) is 15.8. The highest BCUT2D eigenvalue weighted by atomic mass is 79.9. The predicted octanol–water partition coefficient (Wildman–Crippen LogP) is 3.66. The van der Waals surface area contributed by atoms with Crippen LogP contribution in [0.2, 0.25) is 0 Å². The van der Waals surface area contributed by atoms with Gasteiger partial charge in [0.2, 0.25) is 0 Å². The molecule has 22 heavy (non-hydrogen) atoms. The van der Waals surface area contributed by atoms with Gasteiger partial charge in [0.05, 0.1) is 18.1 Å². The summed E-state index contributed by atoms with van der Waals surface area (Å²) in [5.74, 6) is 1.49.